The molecule has 16 heavy (non-hydrogen) atoms. The molecule has 1 unspecified atom stereocenters. The van der Waals surface area contributed by atoms with Gasteiger partial charge >= 0.3 is 5.97 Å². The van der Waals surface area contributed by atoms with Gasteiger partial charge in [-0.1, -0.05) is 32.0 Å². The molecule has 1 aromatic carbocycles. The summed E-state index contributed by atoms with van der Waals surface area (Å²) in [6.45, 7) is 3.59. The molecule has 0 saturated carbocycles. The molecule has 0 radical (unpaired) electrons. The fourth-order valence-corrected chi connectivity index (χ4v) is 1.61. The highest BCUT2D eigenvalue weighted by molar-refractivity contribution is 5.78. The molecule has 1 aromatic rings. The Labute approximate surface area is 95.0 Å². The van der Waals surface area contributed by atoms with E-state index in [0.29, 0.717) is 5.56 Å². The number of ether oxygens (including phenoxy) is 1. The van der Waals surface area contributed by atoms with E-state index in [1.165, 1.54) is 7.11 Å². The van der Waals surface area contributed by atoms with Crippen molar-refractivity contribution < 1.29 is 14.6 Å². The molecule has 0 amide bonds. The standard InChI is InChI=1S/C12H17NO3/c1-12(2,10(13)11(15)16-3)8-6-4-5-7-9(8)14/h4-7,10,14H,13H2,1-3H3. The minimum Gasteiger partial charge on any atom is -0.508 e. The van der Waals surface area contributed by atoms with Gasteiger partial charge in [-0.3, -0.25) is 4.79 Å². The monoisotopic (exact) mass is 223 g/mol. The number of aromatic hydroxyl groups is 1. The van der Waals surface area contributed by atoms with Crippen LogP contribution in [-0.4, -0.2) is 24.2 Å². The lowest BCUT2D eigenvalue weighted by atomic mass is 9.77. The minimum absolute atomic E-state index is 0.131. The van der Waals surface area contributed by atoms with Crippen LogP contribution < -0.4 is 5.73 Å². The SMILES string of the molecule is COC(=O)C(N)C(C)(C)c1ccccc1O. The van der Waals surface area contributed by atoms with Crippen LogP contribution in [0.25, 0.3) is 0 Å². The first kappa shape index (κ1) is 12.5. The molecular weight excluding hydrogens is 206 g/mol. The van der Waals surface area contributed by atoms with Crippen LogP contribution in [0, 0.1) is 0 Å². The summed E-state index contributed by atoms with van der Waals surface area (Å²) in [5, 5.41) is 9.74. The van der Waals surface area contributed by atoms with Crippen LogP contribution in [0.2, 0.25) is 0 Å². The summed E-state index contributed by atoms with van der Waals surface area (Å²) in [6, 6.07) is 6.02. The third-order valence-corrected chi connectivity index (χ3v) is 2.83. The van der Waals surface area contributed by atoms with Crippen molar-refractivity contribution in [2.75, 3.05) is 7.11 Å². The smallest absolute Gasteiger partial charge is 0.323 e. The summed E-state index contributed by atoms with van der Waals surface area (Å²) in [5.41, 5.74) is 5.77. The number of hydrogen-bond acceptors (Lipinski definition) is 4. The van der Waals surface area contributed by atoms with E-state index in [4.69, 9.17) is 5.73 Å². The third-order valence-electron chi connectivity index (χ3n) is 2.83. The number of phenolic OH excluding ortho intramolecular Hbond substituents is 1. The van der Waals surface area contributed by atoms with Crippen molar-refractivity contribution in [1.29, 1.82) is 0 Å². The molecule has 4 heteroatoms. The molecule has 0 aromatic heterocycles. The van der Waals surface area contributed by atoms with Crippen LogP contribution in [0.4, 0.5) is 0 Å². The molecule has 88 valence electrons. The summed E-state index contributed by atoms with van der Waals surface area (Å²) in [7, 11) is 1.29. The zero-order valence-corrected chi connectivity index (χ0v) is 9.73. The van der Waals surface area contributed by atoms with Crippen LogP contribution in [0.1, 0.15) is 19.4 Å². The van der Waals surface area contributed by atoms with Crippen molar-refractivity contribution in [3.8, 4) is 5.75 Å². The molecule has 0 spiro atoms. The number of phenols is 1. The van der Waals surface area contributed by atoms with Crippen molar-refractivity contribution in [2.45, 2.75) is 25.3 Å². The van der Waals surface area contributed by atoms with Crippen molar-refractivity contribution in [3.63, 3.8) is 0 Å². The number of para-hydroxylation sites is 1. The molecule has 0 saturated heterocycles. The van der Waals surface area contributed by atoms with Gasteiger partial charge in [0, 0.05) is 11.0 Å². The summed E-state index contributed by atoms with van der Waals surface area (Å²) in [4.78, 5) is 11.4. The lowest BCUT2D eigenvalue weighted by Crippen LogP contribution is -2.47. The Bertz CT molecular complexity index is 388. The fourth-order valence-electron chi connectivity index (χ4n) is 1.61. The molecule has 0 aliphatic carbocycles. The van der Waals surface area contributed by atoms with Crippen LogP contribution in [0.5, 0.6) is 5.75 Å². The van der Waals surface area contributed by atoms with Gasteiger partial charge < -0.3 is 15.6 Å². The van der Waals surface area contributed by atoms with E-state index in [0.717, 1.165) is 0 Å². The molecule has 0 fully saturated rings. The van der Waals surface area contributed by atoms with Gasteiger partial charge in [-0.25, -0.2) is 0 Å². The third kappa shape index (κ3) is 2.17. The first-order chi connectivity index (χ1) is 7.41. The van der Waals surface area contributed by atoms with E-state index in [9.17, 15) is 9.90 Å². The van der Waals surface area contributed by atoms with Gasteiger partial charge in [-0.05, 0) is 6.07 Å². The average Bonchev–Trinajstić information content (AvgIpc) is 2.27. The van der Waals surface area contributed by atoms with Gasteiger partial charge in [0.25, 0.3) is 0 Å². The second kappa shape index (κ2) is 4.53. The number of carbonyl (C=O) groups is 1. The Kier molecular flexibility index (Phi) is 3.55. The topological polar surface area (TPSA) is 72.5 Å². The minimum atomic E-state index is -0.814. The number of benzene rings is 1. The normalized spacial score (nSPS) is 13.2. The van der Waals surface area contributed by atoms with Crippen LogP contribution in [0.3, 0.4) is 0 Å². The quantitative estimate of drug-likeness (QED) is 0.754. The maximum Gasteiger partial charge on any atom is 0.323 e. The Morgan fingerprint density at radius 2 is 2.00 bits per heavy atom. The molecular formula is C12H17NO3. The molecule has 0 heterocycles. The van der Waals surface area contributed by atoms with Crippen molar-refractivity contribution in [1.82, 2.24) is 0 Å². The van der Waals surface area contributed by atoms with Crippen molar-refractivity contribution >= 4 is 5.97 Å². The Balaban J connectivity index is 3.11. The second-order valence-electron chi connectivity index (χ2n) is 4.24. The highest BCUT2D eigenvalue weighted by Gasteiger charge is 2.36. The predicted molar refractivity (Wildman–Crippen MR) is 61.1 cm³/mol. The number of methoxy groups -OCH3 is 1. The number of esters is 1. The van der Waals surface area contributed by atoms with Crippen LogP contribution in [0.15, 0.2) is 24.3 Å². The van der Waals surface area contributed by atoms with Crippen LogP contribution in [-0.2, 0) is 14.9 Å². The molecule has 1 rings (SSSR count). The zero-order valence-electron chi connectivity index (χ0n) is 9.73. The van der Waals surface area contributed by atoms with Crippen molar-refractivity contribution in [3.05, 3.63) is 29.8 Å². The van der Waals surface area contributed by atoms with E-state index in [2.05, 4.69) is 4.74 Å². The van der Waals surface area contributed by atoms with Gasteiger partial charge in [0.15, 0.2) is 0 Å². The Hall–Kier alpha value is -1.55. The lowest BCUT2D eigenvalue weighted by Gasteiger charge is -2.30. The molecule has 1 atom stereocenters. The van der Waals surface area contributed by atoms with Gasteiger partial charge in [0.05, 0.1) is 7.11 Å². The van der Waals surface area contributed by atoms with E-state index in [1.54, 1.807) is 38.1 Å². The lowest BCUT2D eigenvalue weighted by molar-refractivity contribution is -0.143. The van der Waals surface area contributed by atoms with Crippen LogP contribution >= 0.6 is 0 Å². The highest BCUT2D eigenvalue weighted by Crippen LogP contribution is 2.33. The number of carbonyl (C=O) groups excluding carboxylic acids is 1. The van der Waals surface area contributed by atoms with Crippen molar-refractivity contribution in [2.24, 2.45) is 5.73 Å². The van der Waals surface area contributed by atoms with E-state index >= 15 is 0 Å². The predicted octanol–water partition coefficient (Wildman–Crippen LogP) is 1.17. The summed E-state index contributed by atoms with van der Waals surface area (Å²) >= 11 is 0. The van der Waals surface area contributed by atoms with Gasteiger partial charge in [0.1, 0.15) is 11.8 Å². The fraction of sp³-hybridized carbons (Fsp3) is 0.417. The zero-order chi connectivity index (χ0) is 12.3. The molecule has 0 aliphatic heterocycles. The highest BCUT2D eigenvalue weighted by atomic mass is 16.5. The number of rotatable bonds is 3. The van der Waals surface area contributed by atoms with Gasteiger partial charge in [-0.2, -0.15) is 0 Å². The number of hydrogen-bond donors (Lipinski definition) is 2. The molecule has 3 N–H and O–H groups in total. The summed E-state index contributed by atoms with van der Waals surface area (Å²) < 4.78 is 4.61. The first-order valence-electron chi connectivity index (χ1n) is 5.03. The van der Waals surface area contributed by atoms with E-state index in [1.807, 2.05) is 0 Å². The maximum absolute atomic E-state index is 11.4. The van der Waals surface area contributed by atoms with E-state index < -0.39 is 17.4 Å². The van der Waals surface area contributed by atoms with Gasteiger partial charge in [-0.15, -0.1) is 0 Å². The number of nitrogens with two attached hydrogens (primary N) is 1. The largest absolute Gasteiger partial charge is 0.508 e. The maximum atomic E-state index is 11.4. The second-order valence-corrected chi connectivity index (χ2v) is 4.24. The molecule has 0 bridgehead atoms. The van der Waals surface area contributed by atoms with E-state index in [-0.39, 0.29) is 5.75 Å². The van der Waals surface area contributed by atoms with Gasteiger partial charge in [0.2, 0.25) is 0 Å². The molecule has 0 aliphatic rings. The molecule has 4 nitrogen and oxygen atoms in total. The Morgan fingerprint density at radius 3 is 2.50 bits per heavy atom. The first-order valence-corrected chi connectivity index (χ1v) is 5.03. The average molecular weight is 223 g/mol. The summed E-state index contributed by atoms with van der Waals surface area (Å²) in [5.74, 6) is -0.361. The Morgan fingerprint density at radius 1 is 1.44 bits per heavy atom. The summed E-state index contributed by atoms with van der Waals surface area (Å²) in [6.07, 6.45) is 0.